The molecule has 1 aromatic carbocycles. The minimum atomic E-state index is -0.418. The summed E-state index contributed by atoms with van der Waals surface area (Å²) in [6, 6.07) is 4.52. The number of imide groups is 1. The number of anilines is 1. The first-order chi connectivity index (χ1) is 8.16. The van der Waals surface area contributed by atoms with Crippen molar-refractivity contribution < 1.29 is 14.0 Å². The molecule has 17 heavy (non-hydrogen) atoms. The van der Waals surface area contributed by atoms with E-state index in [1.807, 2.05) is 0 Å². The van der Waals surface area contributed by atoms with Crippen LogP contribution in [0.2, 0.25) is 0 Å². The molecule has 1 aromatic rings. The highest BCUT2D eigenvalue weighted by Gasteiger charge is 2.46. The van der Waals surface area contributed by atoms with Crippen LogP contribution >= 0.6 is 0 Å². The summed E-state index contributed by atoms with van der Waals surface area (Å²) in [6.07, 6.45) is 1.96. The van der Waals surface area contributed by atoms with E-state index in [2.05, 4.69) is 5.32 Å². The molecular weight excluding hydrogens is 223 g/mol. The second-order valence-corrected chi connectivity index (χ2v) is 4.41. The van der Waals surface area contributed by atoms with Gasteiger partial charge in [-0.2, -0.15) is 0 Å². The highest BCUT2D eigenvalue weighted by molar-refractivity contribution is 6.21. The zero-order valence-electron chi connectivity index (χ0n) is 9.02. The Labute approximate surface area is 97.4 Å². The zero-order valence-corrected chi connectivity index (χ0v) is 9.02. The van der Waals surface area contributed by atoms with Crippen molar-refractivity contribution in [1.29, 1.82) is 0 Å². The molecule has 0 bridgehead atoms. The van der Waals surface area contributed by atoms with E-state index in [4.69, 9.17) is 0 Å². The topological polar surface area (TPSA) is 49.4 Å². The lowest BCUT2D eigenvalue weighted by atomic mass is 10.2. The molecule has 0 aromatic heterocycles. The van der Waals surface area contributed by atoms with Gasteiger partial charge in [0.05, 0.1) is 5.69 Å². The minimum Gasteiger partial charge on any atom is -0.325 e. The van der Waals surface area contributed by atoms with Crippen LogP contribution in [0.25, 0.3) is 0 Å². The van der Waals surface area contributed by atoms with E-state index < -0.39 is 12.1 Å². The smallest absolute Gasteiger partial charge is 0.325 e. The molecule has 1 heterocycles. The Morgan fingerprint density at radius 3 is 2.41 bits per heavy atom. The Morgan fingerprint density at radius 1 is 1.18 bits per heavy atom. The van der Waals surface area contributed by atoms with Crippen LogP contribution in [0.5, 0.6) is 0 Å². The van der Waals surface area contributed by atoms with Gasteiger partial charge in [0, 0.05) is 0 Å². The summed E-state index contributed by atoms with van der Waals surface area (Å²) in [7, 11) is 0. The molecule has 2 fully saturated rings. The maximum Gasteiger partial charge on any atom is 0.329 e. The van der Waals surface area contributed by atoms with Crippen LogP contribution in [0.1, 0.15) is 12.8 Å². The van der Waals surface area contributed by atoms with Gasteiger partial charge in [0.25, 0.3) is 5.91 Å². The summed E-state index contributed by atoms with van der Waals surface area (Å²) in [4.78, 5) is 24.8. The van der Waals surface area contributed by atoms with E-state index in [0.29, 0.717) is 5.69 Å². The van der Waals surface area contributed by atoms with Crippen molar-refractivity contribution in [1.82, 2.24) is 5.32 Å². The Hall–Kier alpha value is -1.91. The summed E-state index contributed by atoms with van der Waals surface area (Å²) < 4.78 is 12.8. The van der Waals surface area contributed by atoms with E-state index in [-0.39, 0.29) is 17.6 Å². The predicted octanol–water partition coefficient (Wildman–Crippen LogP) is 1.66. The van der Waals surface area contributed by atoms with E-state index in [1.165, 1.54) is 24.3 Å². The van der Waals surface area contributed by atoms with Crippen molar-refractivity contribution >= 4 is 17.6 Å². The molecule has 1 aliphatic carbocycles. The first-order valence-corrected chi connectivity index (χ1v) is 5.57. The van der Waals surface area contributed by atoms with Crippen molar-refractivity contribution in [3.63, 3.8) is 0 Å². The normalized spacial score (nSPS) is 24.1. The van der Waals surface area contributed by atoms with Crippen LogP contribution in [0.15, 0.2) is 24.3 Å². The van der Waals surface area contributed by atoms with Crippen molar-refractivity contribution in [2.24, 2.45) is 5.92 Å². The molecule has 5 heteroatoms. The lowest BCUT2D eigenvalue weighted by Gasteiger charge is -2.12. The highest BCUT2D eigenvalue weighted by atomic mass is 19.1. The first kappa shape index (κ1) is 10.3. The second-order valence-electron chi connectivity index (χ2n) is 4.41. The van der Waals surface area contributed by atoms with Gasteiger partial charge in [-0.3, -0.25) is 4.79 Å². The monoisotopic (exact) mass is 234 g/mol. The average Bonchev–Trinajstić information content (AvgIpc) is 3.09. The third kappa shape index (κ3) is 1.67. The Balaban J connectivity index is 1.89. The number of carbonyl (C=O) groups excluding carboxylic acids is 2. The van der Waals surface area contributed by atoms with Gasteiger partial charge in [0.15, 0.2) is 0 Å². The maximum atomic E-state index is 12.8. The summed E-state index contributed by atoms with van der Waals surface area (Å²) in [5.41, 5.74) is 0.414. The summed E-state index contributed by atoms with van der Waals surface area (Å²) in [5.74, 6) is -0.347. The lowest BCUT2D eigenvalue weighted by molar-refractivity contribution is -0.118. The number of urea groups is 1. The number of rotatable bonds is 2. The molecule has 1 unspecified atom stereocenters. The molecule has 2 aliphatic rings. The van der Waals surface area contributed by atoms with Gasteiger partial charge in [-0.25, -0.2) is 14.1 Å². The second kappa shape index (κ2) is 3.55. The molecule has 88 valence electrons. The van der Waals surface area contributed by atoms with E-state index >= 15 is 0 Å². The van der Waals surface area contributed by atoms with Gasteiger partial charge in [0.1, 0.15) is 11.9 Å². The number of nitrogens with one attached hydrogen (secondary N) is 1. The third-order valence-corrected chi connectivity index (χ3v) is 3.15. The van der Waals surface area contributed by atoms with E-state index in [9.17, 15) is 14.0 Å². The third-order valence-electron chi connectivity index (χ3n) is 3.15. The number of carbonyl (C=O) groups is 2. The zero-order chi connectivity index (χ0) is 12.0. The highest BCUT2D eigenvalue weighted by Crippen LogP contribution is 2.36. The largest absolute Gasteiger partial charge is 0.329 e. The molecule has 1 N–H and O–H groups in total. The van der Waals surface area contributed by atoms with Crippen molar-refractivity contribution in [2.45, 2.75) is 18.9 Å². The maximum absolute atomic E-state index is 12.8. The summed E-state index contributed by atoms with van der Waals surface area (Å²) in [5, 5.41) is 2.67. The van der Waals surface area contributed by atoms with E-state index in [1.54, 1.807) is 0 Å². The van der Waals surface area contributed by atoms with Crippen LogP contribution in [-0.2, 0) is 4.79 Å². The van der Waals surface area contributed by atoms with Crippen molar-refractivity contribution in [3.8, 4) is 0 Å². The van der Waals surface area contributed by atoms with Crippen molar-refractivity contribution in [2.75, 3.05) is 4.90 Å². The molecule has 0 radical (unpaired) electrons. The van der Waals surface area contributed by atoms with Crippen LogP contribution in [0.3, 0.4) is 0 Å². The lowest BCUT2D eigenvalue weighted by Crippen LogP contribution is -2.32. The van der Waals surface area contributed by atoms with Gasteiger partial charge >= 0.3 is 6.03 Å². The van der Waals surface area contributed by atoms with Crippen molar-refractivity contribution in [3.05, 3.63) is 30.1 Å². The average molecular weight is 234 g/mol. The molecule has 4 nitrogen and oxygen atoms in total. The quantitative estimate of drug-likeness (QED) is 0.791. The number of hydrogen-bond acceptors (Lipinski definition) is 2. The van der Waals surface area contributed by atoms with Gasteiger partial charge in [-0.15, -0.1) is 0 Å². The number of nitrogens with zero attached hydrogens (tertiary/aromatic N) is 1. The number of amides is 3. The van der Waals surface area contributed by atoms with E-state index in [0.717, 1.165) is 17.7 Å². The molecule has 1 aliphatic heterocycles. The fourth-order valence-corrected chi connectivity index (χ4v) is 2.08. The van der Waals surface area contributed by atoms with Crippen LogP contribution in [0.4, 0.5) is 14.9 Å². The van der Waals surface area contributed by atoms with Crippen LogP contribution < -0.4 is 10.2 Å². The Kier molecular flexibility index (Phi) is 2.14. The molecule has 3 amide bonds. The summed E-state index contributed by atoms with van der Waals surface area (Å²) in [6.45, 7) is 0. The summed E-state index contributed by atoms with van der Waals surface area (Å²) >= 11 is 0. The number of hydrogen-bond donors (Lipinski definition) is 1. The Morgan fingerprint density at radius 2 is 1.82 bits per heavy atom. The molecular formula is C12H11FN2O2. The fourth-order valence-electron chi connectivity index (χ4n) is 2.08. The molecule has 1 saturated carbocycles. The minimum absolute atomic E-state index is 0.232. The van der Waals surface area contributed by atoms with Crippen LogP contribution in [-0.4, -0.2) is 18.0 Å². The predicted molar refractivity (Wildman–Crippen MR) is 58.9 cm³/mol. The molecule has 1 saturated heterocycles. The van der Waals surface area contributed by atoms with Gasteiger partial charge in [0.2, 0.25) is 0 Å². The van der Waals surface area contributed by atoms with Gasteiger partial charge in [-0.05, 0) is 43.0 Å². The van der Waals surface area contributed by atoms with Gasteiger partial charge in [-0.1, -0.05) is 0 Å². The molecule has 1 atom stereocenters. The SMILES string of the molecule is O=C1NC(C2CC2)C(=O)N1c1ccc(F)cc1. The first-order valence-electron chi connectivity index (χ1n) is 5.57. The standard InChI is InChI=1S/C12H11FN2O2/c13-8-3-5-9(6-4-8)15-11(16)10(7-1-2-7)14-12(15)17/h3-7,10H,1-2H2,(H,14,17). The molecule has 3 rings (SSSR count). The number of halogens is 1. The number of benzene rings is 1. The van der Waals surface area contributed by atoms with Gasteiger partial charge < -0.3 is 5.32 Å². The Bertz CT molecular complexity index is 482. The molecule has 0 spiro atoms. The van der Waals surface area contributed by atoms with Crippen LogP contribution in [0, 0.1) is 11.7 Å². The fraction of sp³-hybridized carbons (Fsp3) is 0.333.